The molecule has 0 aliphatic rings. The summed E-state index contributed by atoms with van der Waals surface area (Å²) in [4.78, 5) is 11.2. The number of rotatable bonds is 6. The van der Waals surface area contributed by atoms with Crippen LogP contribution in [0.3, 0.4) is 0 Å². The lowest BCUT2D eigenvalue weighted by atomic mass is 9.97. The van der Waals surface area contributed by atoms with Crippen molar-refractivity contribution in [3.05, 3.63) is 60.9 Å². The number of halogens is 3. The predicted octanol–water partition coefficient (Wildman–Crippen LogP) is 4.41. The highest BCUT2D eigenvalue weighted by Crippen LogP contribution is 2.45. The van der Waals surface area contributed by atoms with Crippen molar-refractivity contribution in [3.8, 4) is 39.4 Å². The van der Waals surface area contributed by atoms with Crippen LogP contribution in [-0.2, 0) is 12.7 Å². The molecule has 3 aromatic heterocycles. The molecule has 166 valence electrons. The maximum Gasteiger partial charge on any atom is 0.433 e. The molecular weight excluding hydrogens is 423 g/mol. The van der Waals surface area contributed by atoms with Gasteiger partial charge in [-0.2, -0.15) is 18.3 Å². The molecule has 10 heteroatoms. The summed E-state index contributed by atoms with van der Waals surface area (Å²) in [7, 11) is 1.53. The molecular formula is C22H20F3N5O2. The van der Waals surface area contributed by atoms with E-state index in [9.17, 15) is 18.3 Å². The van der Waals surface area contributed by atoms with Gasteiger partial charge in [-0.25, -0.2) is 9.97 Å². The van der Waals surface area contributed by atoms with Crippen LogP contribution in [0.1, 0.15) is 12.6 Å². The zero-order chi connectivity index (χ0) is 22.9. The average Bonchev–Trinajstić information content (AvgIpc) is 3.38. The fourth-order valence-electron chi connectivity index (χ4n) is 3.68. The van der Waals surface area contributed by atoms with Gasteiger partial charge in [0.2, 0.25) is 0 Å². The summed E-state index contributed by atoms with van der Waals surface area (Å²) in [6.45, 7) is 1.11. The van der Waals surface area contributed by atoms with Gasteiger partial charge >= 0.3 is 6.18 Å². The first-order valence-corrected chi connectivity index (χ1v) is 9.73. The fraction of sp³-hybridized carbons (Fsp3) is 0.227. The van der Waals surface area contributed by atoms with Crippen LogP contribution in [0.25, 0.3) is 33.6 Å². The van der Waals surface area contributed by atoms with E-state index >= 15 is 0 Å². The molecule has 0 aliphatic heterocycles. The maximum atomic E-state index is 14.1. The Hall–Kier alpha value is -3.66. The van der Waals surface area contributed by atoms with Crippen LogP contribution in [0.2, 0.25) is 0 Å². The van der Waals surface area contributed by atoms with E-state index in [0.29, 0.717) is 28.1 Å². The quantitative estimate of drug-likeness (QED) is 0.461. The molecule has 0 spiro atoms. The Balaban J connectivity index is 2.00. The van der Waals surface area contributed by atoms with Gasteiger partial charge in [0.15, 0.2) is 5.69 Å². The van der Waals surface area contributed by atoms with Crippen molar-refractivity contribution >= 4 is 0 Å². The molecule has 32 heavy (non-hydrogen) atoms. The number of ether oxygens (including phenoxy) is 1. The summed E-state index contributed by atoms with van der Waals surface area (Å²) < 4.78 is 48.4. The summed E-state index contributed by atoms with van der Waals surface area (Å²) >= 11 is 0. The van der Waals surface area contributed by atoms with E-state index in [2.05, 4.69) is 20.1 Å². The highest BCUT2D eigenvalue weighted by atomic mass is 19.4. The SMILES string of the molecule is COc1ccccc1-c1c[nH]c(-c2cnn(C[C@@H](C)O)c2C(F)(F)F)c1-c1ccncn1. The summed E-state index contributed by atoms with van der Waals surface area (Å²) in [6, 6.07) is 8.84. The van der Waals surface area contributed by atoms with Crippen molar-refractivity contribution in [1.29, 1.82) is 0 Å². The van der Waals surface area contributed by atoms with Crippen molar-refractivity contribution in [2.45, 2.75) is 25.7 Å². The van der Waals surface area contributed by atoms with Crippen LogP contribution >= 0.6 is 0 Å². The molecule has 1 atom stereocenters. The first-order chi connectivity index (χ1) is 15.3. The largest absolute Gasteiger partial charge is 0.496 e. The lowest BCUT2D eigenvalue weighted by Crippen LogP contribution is -2.21. The van der Waals surface area contributed by atoms with Crippen molar-refractivity contribution in [1.82, 2.24) is 24.7 Å². The number of hydrogen-bond donors (Lipinski definition) is 2. The van der Waals surface area contributed by atoms with Crippen LogP contribution in [0, 0.1) is 0 Å². The molecule has 1 aromatic carbocycles. The number of hydrogen-bond acceptors (Lipinski definition) is 5. The van der Waals surface area contributed by atoms with Crippen LogP contribution in [0.5, 0.6) is 5.75 Å². The van der Waals surface area contributed by atoms with Crippen molar-refractivity contribution in [2.75, 3.05) is 7.11 Å². The van der Waals surface area contributed by atoms with Gasteiger partial charge in [-0.3, -0.25) is 4.68 Å². The third-order valence-electron chi connectivity index (χ3n) is 4.93. The highest BCUT2D eigenvalue weighted by molar-refractivity contribution is 5.94. The number of benzene rings is 1. The predicted molar refractivity (Wildman–Crippen MR) is 112 cm³/mol. The Bertz CT molecular complexity index is 1220. The van der Waals surface area contributed by atoms with Gasteiger partial charge in [-0.1, -0.05) is 18.2 Å². The molecule has 0 aliphatic carbocycles. The first kappa shape index (κ1) is 21.6. The van der Waals surface area contributed by atoms with Crippen LogP contribution in [-0.4, -0.2) is 43.1 Å². The van der Waals surface area contributed by atoms with Crippen LogP contribution in [0.15, 0.2) is 55.2 Å². The van der Waals surface area contributed by atoms with Crippen molar-refractivity contribution in [2.24, 2.45) is 0 Å². The number of aromatic nitrogens is 5. The molecule has 2 N–H and O–H groups in total. The molecule has 0 unspecified atom stereocenters. The topological polar surface area (TPSA) is 88.8 Å². The minimum Gasteiger partial charge on any atom is -0.496 e. The summed E-state index contributed by atoms with van der Waals surface area (Å²) in [5.74, 6) is 0.564. The number of aromatic amines is 1. The fourth-order valence-corrected chi connectivity index (χ4v) is 3.68. The number of alkyl halides is 3. The normalized spacial score (nSPS) is 12.7. The van der Waals surface area contributed by atoms with Crippen LogP contribution < -0.4 is 4.74 Å². The molecule has 7 nitrogen and oxygen atoms in total. The van der Waals surface area contributed by atoms with E-state index in [-0.39, 0.29) is 17.8 Å². The van der Waals surface area contributed by atoms with E-state index in [4.69, 9.17) is 4.74 Å². The first-order valence-electron chi connectivity index (χ1n) is 9.73. The monoisotopic (exact) mass is 443 g/mol. The molecule has 4 rings (SSSR count). The summed E-state index contributed by atoms with van der Waals surface area (Å²) in [5, 5.41) is 13.6. The number of nitrogens with one attached hydrogen (secondary N) is 1. The van der Waals surface area contributed by atoms with Gasteiger partial charge in [0, 0.05) is 34.6 Å². The third kappa shape index (κ3) is 3.96. The van der Waals surface area contributed by atoms with E-state index < -0.39 is 18.0 Å². The van der Waals surface area contributed by atoms with Crippen molar-refractivity contribution < 1.29 is 23.0 Å². The third-order valence-corrected chi connectivity index (χ3v) is 4.93. The van der Waals surface area contributed by atoms with Crippen molar-refractivity contribution in [3.63, 3.8) is 0 Å². The lowest BCUT2D eigenvalue weighted by Gasteiger charge is -2.15. The second kappa shape index (κ2) is 8.46. The Morgan fingerprint density at radius 3 is 2.59 bits per heavy atom. The Labute approximate surface area is 181 Å². The zero-order valence-corrected chi connectivity index (χ0v) is 17.3. The Kier molecular flexibility index (Phi) is 5.70. The molecule has 0 saturated carbocycles. The second-order valence-electron chi connectivity index (χ2n) is 7.18. The average molecular weight is 443 g/mol. The lowest BCUT2D eigenvalue weighted by molar-refractivity contribution is -0.144. The van der Waals surface area contributed by atoms with Gasteiger partial charge in [-0.15, -0.1) is 0 Å². The standard InChI is InChI=1S/C22H20F3N5O2/c1-13(31)11-30-21(22(23,24)25)16(10-29-30)20-19(17-7-8-26-12-28-17)15(9-27-20)14-5-3-4-6-18(14)32-2/h3-10,12-13,27,31H,11H2,1-2H3/t13-/m1/s1. The molecule has 0 fully saturated rings. The van der Waals surface area contributed by atoms with Gasteiger partial charge in [0.05, 0.1) is 37.3 Å². The highest BCUT2D eigenvalue weighted by Gasteiger charge is 2.40. The molecule has 0 bridgehead atoms. The van der Waals surface area contributed by atoms with E-state index in [0.717, 1.165) is 10.9 Å². The molecule has 0 radical (unpaired) electrons. The minimum atomic E-state index is -4.70. The minimum absolute atomic E-state index is 0.145. The smallest absolute Gasteiger partial charge is 0.433 e. The number of aliphatic hydroxyl groups excluding tert-OH is 1. The number of H-pyrrole nitrogens is 1. The zero-order valence-electron chi connectivity index (χ0n) is 17.3. The van der Waals surface area contributed by atoms with E-state index in [1.165, 1.54) is 26.6 Å². The molecule has 0 amide bonds. The van der Waals surface area contributed by atoms with Gasteiger partial charge in [0.1, 0.15) is 12.1 Å². The number of para-hydroxylation sites is 1. The maximum absolute atomic E-state index is 14.1. The van der Waals surface area contributed by atoms with Gasteiger partial charge in [-0.05, 0) is 19.1 Å². The number of methoxy groups -OCH3 is 1. The van der Waals surface area contributed by atoms with Gasteiger partial charge < -0.3 is 14.8 Å². The Morgan fingerprint density at radius 2 is 1.94 bits per heavy atom. The molecule has 0 saturated heterocycles. The Morgan fingerprint density at radius 1 is 1.16 bits per heavy atom. The molecule has 3 heterocycles. The number of aliphatic hydroxyl groups is 1. The molecule has 4 aromatic rings. The van der Waals surface area contributed by atoms with E-state index in [1.54, 1.807) is 18.3 Å². The summed E-state index contributed by atoms with van der Waals surface area (Å²) in [6.07, 6.45) is -0.0751. The second-order valence-corrected chi connectivity index (χ2v) is 7.18. The van der Waals surface area contributed by atoms with Gasteiger partial charge in [0.25, 0.3) is 0 Å². The van der Waals surface area contributed by atoms with Crippen LogP contribution in [0.4, 0.5) is 13.2 Å². The van der Waals surface area contributed by atoms with E-state index in [1.807, 2.05) is 18.2 Å². The number of nitrogens with zero attached hydrogens (tertiary/aromatic N) is 4. The summed E-state index contributed by atoms with van der Waals surface area (Å²) in [5.41, 5.74) is 1.31.